The molecule has 6 nitrogen and oxygen atoms in total. The topological polar surface area (TPSA) is 73.9 Å². The molecule has 1 N–H and O–H groups in total. The van der Waals surface area contributed by atoms with E-state index < -0.39 is 11.9 Å². The Morgan fingerprint density at radius 1 is 1.16 bits per heavy atom. The van der Waals surface area contributed by atoms with Crippen LogP contribution in [-0.2, 0) is 20.9 Å². The maximum atomic E-state index is 13.5. The molecule has 0 aromatic heterocycles. The Balaban J connectivity index is 1.79. The van der Waals surface area contributed by atoms with Gasteiger partial charge in [0.25, 0.3) is 0 Å². The lowest BCUT2D eigenvalue weighted by atomic mass is 9.68. The molecular weight excluding hydrogens is 558 g/mol. The highest BCUT2D eigenvalue weighted by Gasteiger charge is 2.43. The van der Waals surface area contributed by atoms with Crippen LogP contribution in [0.4, 0.5) is 0 Å². The van der Waals surface area contributed by atoms with Gasteiger partial charge in [-0.15, -0.1) is 0 Å². The SMILES string of the molecule is CCOC(=O)C1=C(C)NC2=C(C(=O)CC(C)(C)C2)[C@H]1c1ccc(OC)c(COc2ccc(Cl)cc2Br)c1. The molecule has 4 rings (SSSR count). The summed E-state index contributed by atoms with van der Waals surface area (Å²) in [6.45, 7) is 8.27. The van der Waals surface area contributed by atoms with Gasteiger partial charge in [0.15, 0.2) is 5.78 Å². The number of allylic oxidation sites excluding steroid dienone is 3. The zero-order valence-corrected chi connectivity index (χ0v) is 24.0. The van der Waals surface area contributed by atoms with Crippen LogP contribution in [0.15, 0.2) is 63.4 Å². The van der Waals surface area contributed by atoms with Gasteiger partial charge in [-0.25, -0.2) is 4.79 Å². The normalized spacial score (nSPS) is 18.8. The number of rotatable bonds is 7. The van der Waals surface area contributed by atoms with Gasteiger partial charge in [-0.1, -0.05) is 31.5 Å². The molecule has 0 saturated carbocycles. The Kier molecular flexibility index (Phi) is 8.05. The van der Waals surface area contributed by atoms with Gasteiger partial charge in [0.1, 0.15) is 18.1 Å². The number of nitrogens with one attached hydrogen (secondary N) is 1. The minimum atomic E-state index is -0.550. The van der Waals surface area contributed by atoms with Crippen LogP contribution in [0.2, 0.25) is 5.02 Å². The number of carbonyl (C=O) groups excluding carboxylic acids is 2. The molecule has 8 heteroatoms. The van der Waals surface area contributed by atoms with Crippen molar-refractivity contribution in [2.24, 2.45) is 5.41 Å². The Labute approximate surface area is 231 Å². The molecule has 1 heterocycles. The Morgan fingerprint density at radius 3 is 2.57 bits per heavy atom. The molecule has 0 radical (unpaired) electrons. The van der Waals surface area contributed by atoms with Gasteiger partial charge < -0.3 is 19.5 Å². The van der Waals surface area contributed by atoms with Crippen LogP contribution in [0.1, 0.15) is 57.6 Å². The van der Waals surface area contributed by atoms with E-state index in [0.717, 1.165) is 21.3 Å². The van der Waals surface area contributed by atoms with Crippen molar-refractivity contribution in [1.29, 1.82) is 0 Å². The molecule has 0 saturated heterocycles. The largest absolute Gasteiger partial charge is 0.496 e. The highest BCUT2D eigenvalue weighted by molar-refractivity contribution is 9.10. The van der Waals surface area contributed by atoms with E-state index in [1.165, 1.54) is 0 Å². The van der Waals surface area contributed by atoms with Gasteiger partial charge in [0.05, 0.1) is 23.8 Å². The number of hydrogen-bond acceptors (Lipinski definition) is 6. The van der Waals surface area contributed by atoms with E-state index in [2.05, 4.69) is 35.1 Å². The molecule has 0 unspecified atom stereocenters. The number of carbonyl (C=O) groups is 2. The maximum Gasteiger partial charge on any atom is 0.336 e. The van der Waals surface area contributed by atoms with E-state index >= 15 is 0 Å². The standard InChI is InChI=1S/C29H31BrClNO5/c1-6-36-28(34)25-16(2)32-21-13-29(3,4)14-22(33)27(21)26(25)17-7-9-23(35-5)18(11-17)15-37-24-10-8-19(31)12-20(24)30/h7-12,26,32H,6,13-15H2,1-5H3/t26-/m0/s1. The minimum absolute atomic E-state index is 0.0387. The summed E-state index contributed by atoms with van der Waals surface area (Å²) in [5, 5.41) is 3.96. The van der Waals surface area contributed by atoms with Crippen LogP contribution in [0.3, 0.4) is 0 Å². The van der Waals surface area contributed by atoms with Gasteiger partial charge >= 0.3 is 5.97 Å². The summed E-state index contributed by atoms with van der Waals surface area (Å²) in [7, 11) is 1.60. The highest BCUT2D eigenvalue weighted by atomic mass is 79.9. The smallest absolute Gasteiger partial charge is 0.336 e. The first kappa shape index (κ1) is 27.3. The number of Topliss-reactive ketones (excluding diaryl/α,β-unsaturated/α-hetero) is 1. The van der Waals surface area contributed by atoms with Gasteiger partial charge in [0.2, 0.25) is 0 Å². The number of esters is 1. The van der Waals surface area contributed by atoms with E-state index in [4.69, 9.17) is 25.8 Å². The fraction of sp³-hybridized carbons (Fsp3) is 0.379. The predicted molar refractivity (Wildman–Crippen MR) is 147 cm³/mol. The third-order valence-electron chi connectivity index (χ3n) is 6.65. The van der Waals surface area contributed by atoms with Crippen molar-refractivity contribution in [1.82, 2.24) is 5.32 Å². The van der Waals surface area contributed by atoms with Gasteiger partial charge in [0, 0.05) is 39.9 Å². The fourth-order valence-corrected chi connectivity index (χ4v) is 5.88. The molecule has 2 aromatic rings. The molecule has 1 aliphatic heterocycles. The monoisotopic (exact) mass is 587 g/mol. The van der Waals surface area contributed by atoms with Crippen molar-refractivity contribution >= 4 is 39.3 Å². The molecule has 1 aliphatic carbocycles. The van der Waals surface area contributed by atoms with E-state index in [1.54, 1.807) is 32.2 Å². The van der Waals surface area contributed by atoms with Crippen LogP contribution in [0.25, 0.3) is 0 Å². The van der Waals surface area contributed by atoms with E-state index in [0.29, 0.717) is 46.2 Å². The Hall–Kier alpha value is -2.77. The van der Waals surface area contributed by atoms with E-state index in [1.807, 2.05) is 25.1 Å². The minimum Gasteiger partial charge on any atom is -0.496 e. The summed E-state index contributed by atoms with van der Waals surface area (Å²) in [6, 6.07) is 11.0. The molecule has 0 amide bonds. The highest BCUT2D eigenvalue weighted by Crippen LogP contribution is 2.47. The van der Waals surface area contributed by atoms with Crippen LogP contribution in [-0.4, -0.2) is 25.5 Å². The van der Waals surface area contributed by atoms with Crippen molar-refractivity contribution in [3.63, 3.8) is 0 Å². The number of hydrogen-bond donors (Lipinski definition) is 1. The van der Waals surface area contributed by atoms with Gasteiger partial charge in [-0.05, 0) is 77.5 Å². The molecule has 2 aliphatic rings. The van der Waals surface area contributed by atoms with Crippen LogP contribution in [0, 0.1) is 5.41 Å². The third-order valence-corrected chi connectivity index (χ3v) is 7.50. The molecule has 0 spiro atoms. The molecule has 196 valence electrons. The predicted octanol–water partition coefficient (Wildman–Crippen LogP) is 6.86. The first-order valence-electron chi connectivity index (χ1n) is 12.2. The third kappa shape index (κ3) is 5.73. The van der Waals surface area contributed by atoms with Crippen molar-refractivity contribution < 1.29 is 23.8 Å². The molecular formula is C29H31BrClNO5. The maximum absolute atomic E-state index is 13.5. The molecule has 1 atom stereocenters. The lowest BCUT2D eigenvalue weighted by Crippen LogP contribution is -2.38. The van der Waals surface area contributed by atoms with Gasteiger partial charge in [-0.3, -0.25) is 4.79 Å². The van der Waals surface area contributed by atoms with Crippen LogP contribution in [0.5, 0.6) is 11.5 Å². The van der Waals surface area contributed by atoms with E-state index in [-0.39, 0.29) is 24.4 Å². The second kappa shape index (κ2) is 10.9. The van der Waals surface area contributed by atoms with Crippen molar-refractivity contribution in [2.45, 2.75) is 53.1 Å². The van der Waals surface area contributed by atoms with Crippen molar-refractivity contribution in [3.8, 4) is 11.5 Å². The average Bonchev–Trinajstić information content (AvgIpc) is 2.81. The fourth-order valence-electron chi connectivity index (χ4n) is 5.09. The second-order valence-electron chi connectivity index (χ2n) is 10.1. The average molecular weight is 589 g/mol. The summed E-state index contributed by atoms with van der Waals surface area (Å²) >= 11 is 9.55. The quantitative estimate of drug-likeness (QED) is 0.356. The Bertz CT molecular complexity index is 1310. The Morgan fingerprint density at radius 2 is 1.89 bits per heavy atom. The first-order valence-corrected chi connectivity index (χ1v) is 13.4. The number of benzene rings is 2. The molecule has 0 fully saturated rings. The first-order chi connectivity index (χ1) is 17.5. The van der Waals surface area contributed by atoms with E-state index in [9.17, 15) is 9.59 Å². The van der Waals surface area contributed by atoms with Crippen LogP contribution >= 0.6 is 27.5 Å². The molecule has 2 aromatic carbocycles. The summed E-state index contributed by atoms with van der Waals surface area (Å²) in [6.07, 6.45) is 1.13. The summed E-state index contributed by atoms with van der Waals surface area (Å²) < 4.78 is 17.8. The molecule has 37 heavy (non-hydrogen) atoms. The van der Waals surface area contributed by atoms with Crippen molar-refractivity contribution in [3.05, 3.63) is 79.6 Å². The van der Waals surface area contributed by atoms with Gasteiger partial charge in [-0.2, -0.15) is 0 Å². The zero-order valence-electron chi connectivity index (χ0n) is 21.7. The summed E-state index contributed by atoms with van der Waals surface area (Å²) in [5.41, 5.74) is 4.07. The number of ketones is 1. The second-order valence-corrected chi connectivity index (χ2v) is 11.4. The summed E-state index contributed by atoms with van der Waals surface area (Å²) in [5.74, 6) is 0.339. The number of dihydropyridines is 1. The lowest BCUT2D eigenvalue weighted by molar-refractivity contribution is -0.138. The summed E-state index contributed by atoms with van der Waals surface area (Å²) in [4.78, 5) is 26.7. The van der Waals surface area contributed by atoms with Crippen LogP contribution < -0.4 is 14.8 Å². The molecule has 0 bridgehead atoms. The number of ether oxygens (including phenoxy) is 3. The van der Waals surface area contributed by atoms with Crippen molar-refractivity contribution in [2.75, 3.05) is 13.7 Å². The lowest BCUT2D eigenvalue weighted by Gasteiger charge is -2.39. The number of methoxy groups -OCH3 is 1. The zero-order chi connectivity index (χ0) is 26.9. The number of halogens is 2.